The largest absolute Gasteiger partial charge is 0.489 e. The molecule has 0 aliphatic carbocycles. The van der Waals surface area contributed by atoms with Crippen LogP contribution in [0.4, 0.5) is 23.4 Å². The zero-order valence-corrected chi connectivity index (χ0v) is 14.2. The molecule has 0 saturated carbocycles. The van der Waals surface area contributed by atoms with Gasteiger partial charge in [-0.1, -0.05) is 36.9 Å². The summed E-state index contributed by atoms with van der Waals surface area (Å²) < 4.78 is 60.2. The van der Waals surface area contributed by atoms with Gasteiger partial charge in [-0.25, -0.2) is 4.98 Å². The average molecular weight is 376 g/mol. The van der Waals surface area contributed by atoms with Gasteiger partial charge in [-0.05, 0) is 30.3 Å². The molecule has 0 saturated heterocycles. The first-order valence-electron chi connectivity index (χ1n) is 8.13. The van der Waals surface area contributed by atoms with Crippen molar-refractivity contribution in [2.45, 2.75) is 6.18 Å². The molecule has 3 nitrogen and oxygen atoms in total. The van der Waals surface area contributed by atoms with Gasteiger partial charge < -0.3 is 4.74 Å². The number of hydrogen-bond donors (Lipinski definition) is 0. The minimum absolute atomic E-state index is 0.0784. The third-order valence-corrected chi connectivity index (χ3v) is 3.88. The summed E-state index contributed by atoms with van der Waals surface area (Å²) in [4.78, 5) is 5.33. The van der Waals surface area contributed by atoms with Gasteiger partial charge in [-0.2, -0.15) is 17.6 Å². The fourth-order valence-corrected chi connectivity index (χ4v) is 2.66. The molecular weight excluding hydrogens is 360 g/mol. The molecule has 27 heavy (non-hydrogen) atoms. The Labute approximate surface area is 153 Å². The van der Waals surface area contributed by atoms with Crippen molar-refractivity contribution >= 4 is 5.82 Å². The maximum Gasteiger partial charge on any atom is 0.418 e. The van der Waals surface area contributed by atoms with E-state index in [0.29, 0.717) is 0 Å². The zero-order chi connectivity index (χ0) is 19.4. The summed E-state index contributed by atoms with van der Waals surface area (Å²) in [6, 6.07) is 8.35. The van der Waals surface area contributed by atoms with Crippen molar-refractivity contribution in [1.82, 2.24) is 4.98 Å². The Morgan fingerprint density at radius 2 is 1.96 bits per heavy atom. The van der Waals surface area contributed by atoms with Crippen molar-refractivity contribution in [1.29, 1.82) is 0 Å². The maximum absolute atomic E-state index is 14.1. The van der Waals surface area contributed by atoms with E-state index >= 15 is 0 Å². The summed E-state index contributed by atoms with van der Waals surface area (Å²) in [6.45, 7) is 3.84. The molecule has 0 fully saturated rings. The molecule has 0 amide bonds. The van der Waals surface area contributed by atoms with Gasteiger partial charge in [0.1, 0.15) is 18.2 Å². The second kappa shape index (κ2) is 7.65. The van der Waals surface area contributed by atoms with Gasteiger partial charge >= 0.3 is 6.18 Å². The molecule has 1 aliphatic rings. The van der Waals surface area contributed by atoms with E-state index in [0.717, 1.165) is 12.1 Å². The molecule has 1 aromatic carbocycles. The van der Waals surface area contributed by atoms with Crippen molar-refractivity contribution in [3.63, 3.8) is 0 Å². The number of allylic oxidation sites excluding steroid dienone is 2. The van der Waals surface area contributed by atoms with Crippen LogP contribution >= 0.6 is 0 Å². The minimum Gasteiger partial charge on any atom is -0.489 e. The van der Waals surface area contributed by atoms with Gasteiger partial charge in [0, 0.05) is 12.1 Å². The van der Waals surface area contributed by atoms with Gasteiger partial charge in [-0.15, -0.1) is 0 Å². The topological polar surface area (TPSA) is 25.4 Å². The van der Waals surface area contributed by atoms with Crippen LogP contribution in [0.5, 0.6) is 5.75 Å². The highest BCUT2D eigenvalue weighted by Gasteiger charge is 2.36. The smallest absolute Gasteiger partial charge is 0.418 e. The summed E-state index contributed by atoms with van der Waals surface area (Å²) in [6.07, 6.45) is 1.32. The van der Waals surface area contributed by atoms with E-state index in [1.54, 1.807) is 24.3 Å². The highest BCUT2D eigenvalue weighted by atomic mass is 19.4. The SMILES string of the molecule is C=CCOc1ccccc1-c1nc(N2CC=CC=C2F)ccc1C(F)(F)F. The van der Waals surface area contributed by atoms with Gasteiger partial charge in [-0.3, -0.25) is 4.90 Å². The normalized spacial score (nSPS) is 14.1. The average Bonchev–Trinajstić information content (AvgIpc) is 2.66. The molecule has 140 valence electrons. The Kier molecular flexibility index (Phi) is 5.30. The lowest BCUT2D eigenvalue weighted by Crippen LogP contribution is -2.24. The van der Waals surface area contributed by atoms with E-state index in [1.165, 1.54) is 29.2 Å². The lowest BCUT2D eigenvalue weighted by atomic mass is 10.0. The van der Waals surface area contributed by atoms with Gasteiger partial charge in [0.05, 0.1) is 11.3 Å². The van der Waals surface area contributed by atoms with E-state index < -0.39 is 17.7 Å². The number of pyridine rings is 1. The van der Waals surface area contributed by atoms with Crippen LogP contribution in [0.2, 0.25) is 0 Å². The zero-order valence-electron chi connectivity index (χ0n) is 14.2. The third-order valence-electron chi connectivity index (χ3n) is 3.88. The minimum atomic E-state index is -4.62. The molecule has 7 heteroatoms. The van der Waals surface area contributed by atoms with Gasteiger partial charge in [0.2, 0.25) is 0 Å². The predicted molar refractivity (Wildman–Crippen MR) is 96.0 cm³/mol. The summed E-state index contributed by atoms with van der Waals surface area (Å²) in [5.41, 5.74) is -1.06. The molecular formula is C20H16F4N2O. The number of ether oxygens (including phenoxy) is 1. The van der Waals surface area contributed by atoms with Gasteiger partial charge in [0.25, 0.3) is 0 Å². The maximum atomic E-state index is 14.1. The molecule has 0 atom stereocenters. The molecule has 2 heterocycles. The molecule has 3 rings (SSSR count). The standard InChI is InChI=1S/C20H16F4N2O/c1-2-13-27-16-8-4-3-7-14(16)19-15(20(22,23)24)10-11-18(25-19)26-12-6-5-9-17(26)21/h2-11H,1,12-13H2. The molecule has 2 aromatic rings. The summed E-state index contributed by atoms with van der Waals surface area (Å²) in [5, 5.41) is 0. The molecule has 0 unspecified atom stereocenters. The lowest BCUT2D eigenvalue weighted by molar-refractivity contribution is -0.137. The van der Waals surface area contributed by atoms with E-state index in [2.05, 4.69) is 11.6 Å². The summed E-state index contributed by atoms with van der Waals surface area (Å²) in [7, 11) is 0. The number of halogens is 4. The first-order valence-corrected chi connectivity index (χ1v) is 8.13. The molecule has 1 aliphatic heterocycles. The number of aromatic nitrogens is 1. The van der Waals surface area contributed by atoms with E-state index in [1.807, 2.05) is 0 Å². The quantitative estimate of drug-likeness (QED) is 0.390. The number of rotatable bonds is 5. The van der Waals surface area contributed by atoms with Crippen molar-refractivity contribution < 1.29 is 22.3 Å². The van der Waals surface area contributed by atoms with Crippen LogP contribution in [0.25, 0.3) is 11.3 Å². The van der Waals surface area contributed by atoms with Crippen LogP contribution in [0.1, 0.15) is 5.56 Å². The van der Waals surface area contributed by atoms with Crippen LogP contribution in [-0.2, 0) is 6.18 Å². The van der Waals surface area contributed by atoms with Crippen LogP contribution < -0.4 is 9.64 Å². The highest BCUT2D eigenvalue weighted by Crippen LogP contribution is 2.40. The second-order valence-electron chi connectivity index (χ2n) is 5.69. The Morgan fingerprint density at radius 3 is 2.67 bits per heavy atom. The van der Waals surface area contributed by atoms with E-state index in [-0.39, 0.29) is 36.0 Å². The Balaban J connectivity index is 2.15. The Morgan fingerprint density at radius 1 is 1.19 bits per heavy atom. The van der Waals surface area contributed by atoms with Crippen LogP contribution in [-0.4, -0.2) is 18.1 Å². The summed E-state index contributed by atoms with van der Waals surface area (Å²) in [5.74, 6) is -0.274. The lowest BCUT2D eigenvalue weighted by Gasteiger charge is -2.24. The van der Waals surface area contributed by atoms with Crippen LogP contribution in [0.3, 0.4) is 0 Å². The number of anilines is 1. The molecule has 0 N–H and O–H groups in total. The number of benzene rings is 1. The summed E-state index contributed by atoms with van der Waals surface area (Å²) >= 11 is 0. The van der Waals surface area contributed by atoms with Gasteiger partial charge in [0.15, 0.2) is 5.95 Å². The van der Waals surface area contributed by atoms with Crippen molar-refractivity contribution in [3.8, 4) is 17.0 Å². The monoisotopic (exact) mass is 376 g/mol. The molecule has 0 spiro atoms. The molecule has 0 radical (unpaired) electrons. The third kappa shape index (κ3) is 4.02. The Bertz CT molecular complexity index is 903. The van der Waals surface area contributed by atoms with E-state index in [4.69, 9.17) is 4.74 Å². The number of hydrogen-bond acceptors (Lipinski definition) is 3. The number of alkyl halides is 3. The van der Waals surface area contributed by atoms with Crippen molar-refractivity contribution in [2.24, 2.45) is 0 Å². The first-order chi connectivity index (χ1) is 12.9. The number of nitrogens with zero attached hydrogens (tertiary/aromatic N) is 2. The van der Waals surface area contributed by atoms with E-state index in [9.17, 15) is 17.6 Å². The predicted octanol–water partition coefficient (Wildman–Crippen LogP) is 5.52. The fourth-order valence-electron chi connectivity index (χ4n) is 2.66. The first kappa shape index (κ1) is 18.7. The van der Waals surface area contributed by atoms with Crippen LogP contribution in [0.15, 0.2) is 73.2 Å². The van der Waals surface area contributed by atoms with Crippen molar-refractivity contribution in [2.75, 3.05) is 18.1 Å². The fraction of sp³-hybridized carbons (Fsp3) is 0.150. The second-order valence-corrected chi connectivity index (χ2v) is 5.69. The molecule has 1 aromatic heterocycles. The molecule has 0 bridgehead atoms. The van der Waals surface area contributed by atoms with Crippen LogP contribution in [0, 0.1) is 0 Å². The Hall–Kier alpha value is -3.09. The number of para-hydroxylation sites is 1. The van der Waals surface area contributed by atoms with Crippen molar-refractivity contribution in [3.05, 3.63) is 78.8 Å². The highest BCUT2D eigenvalue weighted by molar-refractivity contribution is 5.72.